The van der Waals surface area contributed by atoms with Gasteiger partial charge in [-0.05, 0) is 41.3 Å². The normalized spacial score (nSPS) is 14.8. The fraction of sp³-hybridized carbons (Fsp3) is 0.240. The molecule has 0 spiro atoms. The molecule has 3 aromatic carbocycles. The summed E-state index contributed by atoms with van der Waals surface area (Å²) in [6, 6.07) is 19.3. The standard InChI is InChI=1S/C25H24N2O6/c1-31-22-14-18-12-13-26(24(28)16-33-21-11-7-6-10-20(21)27(29)30)25(17-8-4-3-5-9-17)19(18)15-23(22)32-2/h3-11,14-15,25H,12-13,16H2,1-2H3/t25-/m1/s1. The van der Waals surface area contributed by atoms with Crippen molar-refractivity contribution in [3.05, 3.63) is 93.5 Å². The molecular formula is C25H24N2O6. The first-order valence-electron chi connectivity index (χ1n) is 10.5. The molecule has 0 unspecified atom stereocenters. The molecule has 0 aromatic heterocycles. The molecule has 1 aliphatic heterocycles. The number of para-hydroxylation sites is 2. The monoisotopic (exact) mass is 448 g/mol. The van der Waals surface area contributed by atoms with Gasteiger partial charge in [0.2, 0.25) is 0 Å². The van der Waals surface area contributed by atoms with Crippen LogP contribution in [0.3, 0.4) is 0 Å². The highest BCUT2D eigenvalue weighted by molar-refractivity contribution is 5.79. The van der Waals surface area contributed by atoms with Crippen molar-refractivity contribution in [2.45, 2.75) is 12.5 Å². The van der Waals surface area contributed by atoms with Crippen molar-refractivity contribution in [2.24, 2.45) is 0 Å². The van der Waals surface area contributed by atoms with E-state index in [1.807, 2.05) is 42.5 Å². The van der Waals surface area contributed by atoms with Gasteiger partial charge in [0.1, 0.15) is 0 Å². The number of carbonyl (C=O) groups excluding carboxylic acids is 1. The smallest absolute Gasteiger partial charge is 0.310 e. The Labute approximate surface area is 191 Å². The van der Waals surface area contributed by atoms with E-state index in [0.29, 0.717) is 24.5 Å². The van der Waals surface area contributed by atoms with E-state index in [2.05, 4.69) is 0 Å². The largest absolute Gasteiger partial charge is 0.493 e. The van der Waals surface area contributed by atoms with Crippen molar-refractivity contribution in [1.82, 2.24) is 4.90 Å². The molecule has 0 bridgehead atoms. The van der Waals surface area contributed by atoms with Crippen LogP contribution in [0.25, 0.3) is 0 Å². The van der Waals surface area contributed by atoms with Crippen LogP contribution in [0.1, 0.15) is 22.7 Å². The van der Waals surface area contributed by atoms with Crippen LogP contribution in [0.15, 0.2) is 66.7 Å². The Hall–Kier alpha value is -4.07. The van der Waals surface area contributed by atoms with E-state index in [9.17, 15) is 14.9 Å². The zero-order chi connectivity index (χ0) is 23.4. The number of hydrogen-bond acceptors (Lipinski definition) is 6. The first-order valence-corrected chi connectivity index (χ1v) is 10.5. The molecule has 33 heavy (non-hydrogen) atoms. The number of carbonyl (C=O) groups is 1. The average Bonchev–Trinajstić information content (AvgIpc) is 2.86. The summed E-state index contributed by atoms with van der Waals surface area (Å²) >= 11 is 0. The maximum Gasteiger partial charge on any atom is 0.310 e. The van der Waals surface area contributed by atoms with Gasteiger partial charge in [-0.3, -0.25) is 14.9 Å². The molecule has 1 heterocycles. The van der Waals surface area contributed by atoms with Crippen molar-refractivity contribution < 1.29 is 23.9 Å². The molecule has 4 rings (SSSR count). The summed E-state index contributed by atoms with van der Waals surface area (Å²) in [5.74, 6) is 1.03. The van der Waals surface area contributed by atoms with Crippen LogP contribution in [-0.4, -0.2) is 43.1 Å². The number of ether oxygens (including phenoxy) is 3. The van der Waals surface area contributed by atoms with Crippen LogP contribution < -0.4 is 14.2 Å². The van der Waals surface area contributed by atoms with Crippen LogP contribution in [0.5, 0.6) is 17.2 Å². The van der Waals surface area contributed by atoms with Crippen molar-refractivity contribution in [2.75, 3.05) is 27.4 Å². The third-order valence-electron chi connectivity index (χ3n) is 5.72. The third kappa shape index (κ3) is 4.45. The topological polar surface area (TPSA) is 91.1 Å². The summed E-state index contributed by atoms with van der Waals surface area (Å²) in [5, 5.41) is 11.3. The highest BCUT2D eigenvalue weighted by Gasteiger charge is 2.33. The molecule has 3 aromatic rings. The second kappa shape index (κ2) is 9.60. The summed E-state index contributed by atoms with van der Waals surface area (Å²) in [7, 11) is 3.17. The molecule has 1 aliphatic rings. The summed E-state index contributed by atoms with van der Waals surface area (Å²) < 4.78 is 16.6. The lowest BCUT2D eigenvalue weighted by atomic mass is 9.87. The fourth-order valence-corrected chi connectivity index (χ4v) is 4.16. The molecule has 1 atom stereocenters. The van der Waals surface area contributed by atoms with Gasteiger partial charge in [-0.2, -0.15) is 0 Å². The minimum absolute atomic E-state index is 0.0657. The average molecular weight is 448 g/mol. The molecule has 0 N–H and O–H groups in total. The molecular weight excluding hydrogens is 424 g/mol. The van der Waals surface area contributed by atoms with E-state index < -0.39 is 4.92 Å². The highest BCUT2D eigenvalue weighted by atomic mass is 16.6. The molecule has 8 heteroatoms. The second-order valence-electron chi connectivity index (χ2n) is 7.57. The predicted molar refractivity (Wildman–Crippen MR) is 122 cm³/mol. The lowest BCUT2D eigenvalue weighted by Gasteiger charge is -2.38. The number of fused-ring (bicyclic) bond motifs is 1. The van der Waals surface area contributed by atoms with E-state index in [1.165, 1.54) is 12.1 Å². The Morgan fingerprint density at radius 2 is 1.67 bits per heavy atom. The molecule has 0 fully saturated rings. The Kier molecular flexibility index (Phi) is 6.44. The molecule has 8 nitrogen and oxygen atoms in total. The number of benzene rings is 3. The number of nitro groups is 1. The van der Waals surface area contributed by atoms with E-state index in [4.69, 9.17) is 14.2 Å². The Morgan fingerprint density at radius 3 is 2.36 bits per heavy atom. The highest BCUT2D eigenvalue weighted by Crippen LogP contribution is 2.41. The SMILES string of the molecule is COc1cc2c(cc1OC)[C@@H](c1ccccc1)N(C(=O)COc1ccccc1[N+](=O)[O-])CC2. The second-order valence-corrected chi connectivity index (χ2v) is 7.57. The van der Waals surface area contributed by atoms with Crippen molar-refractivity contribution in [3.63, 3.8) is 0 Å². The summed E-state index contributed by atoms with van der Waals surface area (Å²) in [6.45, 7) is 0.165. The molecule has 0 aliphatic carbocycles. The summed E-state index contributed by atoms with van der Waals surface area (Å²) in [5.41, 5.74) is 2.80. The number of methoxy groups -OCH3 is 2. The lowest BCUT2D eigenvalue weighted by molar-refractivity contribution is -0.385. The fourth-order valence-electron chi connectivity index (χ4n) is 4.16. The quantitative estimate of drug-likeness (QED) is 0.398. The minimum Gasteiger partial charge on any atom is -0.493 e. The maximum atomic E-state index is 13.3. The maximum absolute atomic E-state index is 13.3. The Balaban J connectivity index is 1.67. The Bertz CT molecular complexity index is 1160. The summed E-state index contributed by atoms with van der Waals surface area (Å²) in [6.07, 6.45) is 0.635. The van der Waals surface area contributed by atoms with Crippen LogP contribution >= 0.6 is 0 Å². The van der Waals surface area contributed by atoms with Crippen molar-refractivity contribution in [3.8, 4) is 17.2 Å². The van der Waals surface area contributed by atoms with Crippen molar-refractivity contribution >= 4 is 11.6 Å². The van der Waals surface area contributed by atoms with Crippen LogP contribution in [0.4, 0.5) is 5.69 Å². The molecule has 0 radical (unpaired) electrons. The lowest BCUT2D eigenvalue weighted by Crippen LogP contribution is -2.43. The van der Waals surface area contributed by atoms with Gasteiger partial charge >= 0.3 is 5.69 Å². The molecule has 0 saturated carbocycles. The van der Waals surface area contributed by atoms with Gasteiger partial charge in [0.05, 0.1) is 25.2 Å². The number of rotatable bonds is 7. The first kappa shape index (κ1) is 22.1. The van der Waals surface area contributed by atoms with E-state index in [-0.39, 0.29) is 30.0 Å². The van der Waals surface area contributed by atoms with E-state index in [1.54, 1.807) is 31.3 Å². The molecule has 0 saturated heterocycles. The van der Waals surface area contributed by atoms with Gasteiger partial charge in [-0.25, -0.2) is 0 Å². The van der Waals surface area contributed by atoms with Gasteiger partial charge in [0, 0.05) is 12.6 Å². The zero-order valence-corrected chi connectivity index (χ0v) is 18.4. The Morgan fingerprint density at radius 1 is 1.00 bits per heavy atom. The predicted octanol–water partition coefficient (Wildman–Crippen LogP) is 4.17. The van der Waals surface area contributed by atoms with Gasteiger partial charge in [-0.1, -0.05) is 42.5 Å². The zero-order valence-electron chi connectivity index (χ0n) is 18.4. The van der Waals surface area contributed by atoms with Gasteiger partial charge in [-0.15, -0.1) is 0 Å². The van der Waals surface area contributed by atoms with Crippen LogP contribution in [0, 0.1) is 10.1 Å². The first-order chi connectivity index (χ1) is 16.0. The minimum atomic E-state index is -0.524. The number of nitro benzene ring substituents is 1. The van der Waals surface area contributed by atoms with E-state index in [0.717, 1.165) is 16.7 Å². The van der Waals surface area contributed by atoms with Gasteiger partial charge < -0.3 is 19.1 Å². The van der Waals surface area contributed by atoms with E-state index >= 15 is 0 Å². The summed E-state index contributed by atoms with van der Waals surface area (Å²) in [4.78, 5) is 25.8. The molecule has 170 valence electrons. The number of amides is 1. The third-order valence-corrected chi connectivity index (χ3v) is 5.72. The van der Waals surface area contributed by atoms with Gasteiger partial charge in [0.25, 0.3) is 5.91 Å². The number of nitrogens with zero attached hydrogens (tertiary/aromatic N) is 2. The van der Waals surface area contributed by atoms with Crippen LogP contribution in [0.2, 0.25) is 0 Å². The van der Waals surface area contributed by atoms with Crippen molar-refractivity contribution in [1.29, 1.82) is 0 Å². The van der Waals surface area contributed by atoms with Crippen LogP contribution in [-0.2, 0) is 11.2 Å². The number of hydrogen-bond donors (Lipinski definition) is 0. The van der Waals surface area contributed by atoms with Gasteiger partial charge in [0.15, 0.2) is 23.9 Å². The molecule has 1 amide bonds.